The van der Waals surface area contributed by atoms with Crippen molar-refractivity contribution in [3.05, 3.63) is 59.7 Å². The Morgan fingerprint density at radius 3 is 1.92 bits per heavy atom. The number of methoxy groups -OCH3 is 1. The van der Waals surface area contributed by atoms with E-state index in [1.165, 1.54) is 21.0 Å². The van der Waals surface area contributed by atoms with Gasteiger partial charge >= 0.3 is 5.97 Å². The molecule has 0 aliphatic carbocycles. The molecule has 2 aromatic rings. The molecular weight excluding hydrogens is 332 g/mol. The predicted molar refractivity (Wildman–Crippen MR) is 100 cm³/mol. The minimum atomic E-state index is -1.36. The highest BCUT2D eigenvalue weighted by Gasteiger charge is 2.36. The number of rotatable bonds is 5. The summed E-state index contributed by atoms with van der Waals surface area (Å²) in [6.07, 6.45) is 0. The SMILES string of the molecule is COC(=O)c1ccccc1NC(=O)C(C)(C)C(=O)Nc1ccccc1C. The molecule has 0 spiro atoms. The summed E-state index contributed by atoms with van der Waals surface area (Å²) < 4.78 is 4.71. The van der Waals surface area contributed by atoms with Crippen LogP contribution in [0.2, 0.25) is 0 Å². The normalized spacial score (nSPS) is 10.8. The number of amides is 2. The van der Waals surface area contributed by atoms with Crippen LogP contribution in [0, 0.1) is 12.3 Å². The second-order valence-electron chi connectivity index (χ2n) is 6.39. The van der Waals surface area contributed by atoms with Gasteiger partial charge in [-0.1, -0.05) is 30.3 Å². The van der Waals surface area contributed by atoms with Crippen LogP contribution < -0.4 is 10.6 Å². The van der Waals surface area contributed by atoms with Gasteiger partial charge in [0.15, 0.2) is 0 Å². The fourth-order valence-electron chi connectivity index (χ4n) is 2.25. The summed E-state index contributed by atoms with van der Waals surface area (Å²) in [5.41, 5.74) is 0.701. The van der Waals surface area contributed by atoms with E-state index in [2.05, 4.69) is 10.6 Å². The molecule has 0 fully saturated rings. The Balaban J connectivity index is 2.19. The van der Waals surface area contributed by atoms with Crippen molar-refractivity contribution >= 4 is 29.2 Å². The van der Waals surface area contributed by atoms with E-state index in [-0.39, 0.29) is 5.56 Å². The fourth-order valence-corrected chi connectivity index (χ4v) is 2.25. The number of hydrogen-bond donors (Lipinski definition) is 2. The standard InChI is InChI=1S/C20H22N2O4/c1-13-9-5-7-11-15(13)21-18(24)20(2,3)19(25)22-16-12-8-6-10-14(16)17(23)26-4/h5-12H,1-4H3,(H,21,24)(H,22,25). The second kappa shape index (κ2) is 7.82. The Bertz CT molecular complexity index is 843. The number of ether oxygens (including phenoxy) is 1. The summed E-state index contributed by atoms with van der Waals surface area (Å²) in [4.78, 5) is 37.1. The molecule has 136 valence electrons. The van der Waals surface area contributed by atoms with E-state index < -0.39 is 23.2 Å². The molecular formula is C20H22N2O4. The number of nitrogens with one attached hydrogen (secondary N) is 2. The predicted octanol–water partition coefficient (Wildman–Crippen LogP) is 3.39. The van der Waals surface area contributed by atoms with Gasteiger partial charge in [-0.25, -0.2) is 4.79 Å². The number of carbonyl (C=O) groups is 3. The first-order valence-electron chi connectivity index (χ1n) is 8.13. The molecule has 0 aliphatic rings. The molecule has 0 aromatic heterocycles. The lowest BCUT2D eigenvalue weighted by Crippen LogP contribution is -2.42. The van der Waals surface area contributed by atoms with E-state index in [0.717, 1.165) is 5.56 Å². The number of para-hydroxylation sites is 2. The highest BCUT2D eigenvalue weighted by atomic mass is 16.5. The van der Waals surface area contributed by atoms with E-state index in [9.17, 15) is 14.4 Å². The van der Waals surface area contributed by atoms with Crippen LogP contribution in [0.1, 0.15) is 29.8 Å². The maximum atomic E-state index is 12.7. The van der Waals surface area contributed by atoms with Crippen LogP contribution in [0.15, 0.2) is 48.5 Å². The Hall–Kier alpha value is -3.15. The van der Waals surface area contributed by atoms with E-state index in [1.54, 1.807) is 30.3 Å². The molecule has 0 atom stereocenters. The van der Waals surface area contributed by atoms with Crippen LogP contribution in [0.3, 0.4) is 0 Å². The van der Waals surface area contributed by atoms with Crippen molar-refractivity contribution in [3.8, 4) is 0 Å². The molecule has 6 nitrogen and oxygen atoms in total. The highest BCUT2D eigenvalue weighted by molar-refractivity contribution is 6.15. The van der Waals surface area contributed by atoms with Gasteiger partial charge in [0.05, 0.1) is 18.4 Å². The lowest BCUT2D eigenvalue weighted by Gasteiger charge is -2.23. The molecule has 2 N–H and O–H groups in total. The Morgan fingerprint density at radius 2 is 1.35 bits per heavy atom. The van der Waals surface area contributed by atoms with Gasteiger partial charge in [0, 0.05) is 5.69 Å². The molecule has 2 rings (SSSR count). The Morgan fingerprint density at radius 1 is 0.846 bits per heavy atom. The molecule has 0 saturated heterocycles. The molecule has 0 radical (unpaired) electrons. The van der Waals surface area contributed by atoms with Gasteiger partial charge in [0.1, 0.15) is 5.41 Å². The average Bonchev–Trinajstić information content (AvgIpc) is 2.63. The van der Waals surface area contributed by atoms with Crippen molar-refractivity contribution in [3.63, 3.8) is 0 Å². The molecule has 0 bridgehead atoms. The third kappa shape index (κ3) is 4.08. The first-order chi connectivity index (χ1) is 12.3. The molecule has 0 heterocycles. The number of carbonyl (C=O) groups excluding carboxylic acids is 3. The number of anilines is 2. The van der Waals surface area contributed by atoms with Gasteiger partial charge in [0.25, 0.3) is 0 Å². The summed E-state index contributed by atoms with van der Waals surface area (Å²) in [5, 5.41) is 5.42. The maximum Gasteiger partial charge on any atom is 0.339 e. The molecule has 0 saturated carbocycles. The number of benzene rings is 2. The first-order valence-corrected chi connectivity index (χ1v) is 8.13. The molecule has 0 unspecified atom stereocenters. The Kier molecular flexibility index (Phi) is 5.77. The van der Waals surface area contributed by atoms with Gasteiger partial charge in [-0.05, 0) is 44.5 Å². The zero-order valence-electron chi connectivity index (χ0n) is 15.3. The van der Waals surface area contributed by atoms with Gasteiger partial charge in [-0.3, -0.25) is 9.59 Å². The summed E-state index contributed by atoms with van der Waals surface area (Å²) in [6.45, 7) is 4.92. The van der Waals surface area contributed by atoms with Crippen molar-refractivity contribution in [1.82, 2.24) is 0 Å². The third-order valence-corrected chi connectivity index (χ3v) is 4.11. The van der Waals surface area contributed by atoms with Crippen LogP contribution in [0.4, 0.5) is 11.4 Å². The van der Waals surface area contributed by atoms with Crippen LogP contribution >= 0.6 is 0 Å². The third-order valence-electron chi connectivity index (χ3n) is 4.11. The van der Waals surface area contributed by atoms with Crippen LogP contribution in [0.25, 0.3) is 0 Å². The Labute approximate surface area is 152 Å². The lowest BCUT2D eigenvalue weighted by atomic mass is 9.90. The largest absolute Gasteiger partial charge is 0.465 e. The lowest BCUT2D eigenvalue weighted by molar-refractivity contribution is -0.135. The van der Waals surface area contributed by atoms with Crippen molar-refractivity contribution in [2.45, 2.75) is 20.8 Å². The fraction of sp³-hybridized carbons (Fsp3) is 0.250. The minimum absolute atomic E-state index is 0.221. The summed E-state index contributed by atoms with van der Waals surface area (Å²) >= 11 is 0. The zero-order valence-corrected chi connectivity index (χ0v) is 15.3. The summed E-state index contributed by atoms with van der Waals surface area (Å²) in [7, 11) is 1.26. The van der Waals surface area contributed by atoms with E-state index >= 15 is 0 Å². The maximum absolute atomic E-state index is 12.7. The molecule has 26 heavy (non-hydrogen) atoms. The van der Waals surface area contributed by atoms with E-state index in [1.807, 2.05) is 25.1 Å². The number of esters is 1. The van der Waals surface area contributed by atoms with Crippen molar-refractivity contribution in [2.24, 2.45) is 5.41 Å². The molecule has 6 heteroatoms. The first kappa shape index (κ1) is 19.2. The van der Waals surface area contributed by atoms with Crippen LogP contribution in [0.5, 0.6) is 0 Å². The number of aryl methyl sites for hydroxylation is 1. The number of hydrogen-bond acceptors (Lipinski definition) is 4. The topological polar surface area (TPSA) is 84.5 Å². The van der Waals surface area contributed by atoms with Gasteiger partial charge in [-0.15, -0.1) is 0 Å². The average molecular weight is 354 g/mol. The monoisotopic (exact) mass is 354 g/mol. The summed E-state index contributed by atoms with van der Waals surface area (Å²) in [6, 6.07) is 13.8. The van der Waals surface area contributed by atoms with Crippen molar-refractivity contribution in [1.29, 1.82) is 0 Å². The quantitative estimate of drug-likeness (QED) is 0.637. The zero-order chi connectivity index (χ0) is 19.3. The minimum Gasteiger partial charge on any atom is -0.465 e. The van der Waals surface area contributed by atoms with Crippen LogP contribution in [-0.4, -0.2) is 24.9 Å². The van der Waals surface area contributed by atoms with E-state index in [0.29, 0.717) is 11.4 Å². The highest BCUT2D eigenvalue weighted by Crippen LogP contribution is 2.24. The second-order valence-corrected chi connectivity index (χ2v) is 6.39. The molecule has 2 aromatic carbocycles. The smallest absolute Gasteiger partial charge is 0.339 e. The summed E-state index contributed by atoms with van der Waals surface area (Å²) in [5.74, 6) is -1.54. The molecule has 0 aliphatic heterocycles. The van der Waals surface area contributed by atoms with Gasteiger partial charge in [-0.2, -0.15) is 0 Å². The van der Waals surface area contributed by atoms with Gasteiger partial charge in [0.2, 0.25) is 11.8 Å². The van der Waals surface area contributed by atoms with Crippen molar-refractivity contribution < 1.29 is 19.1 Å². The van der Waals surface area contributed by atoms with Crippen LogP contribution in [-0.2, 0) is 14.3 Å². The van der Waals surface area contributed by atoms with E-state index in [4.69, 9.17) is 4.74 Å². The van der Waals surface area contributed by atoms with Gasteiger partial charge < -0.3 is 15.4 Å². The molecule has 2 amide bonds. The van der Waals surface area contributed by atoms with Crippen molar-refractivity contribution in [2.75, 3.05) is 17.7 Å².